The Labute approximate surface area is 146 Å². The van der Waals surface area contributed by atoms with Crippen LogP contribution in [0.4, 0.5) is 16.4 Å². The standard InChI is InChI=1S/C18H21N5O2/c1-13(2)14-4-6-15(7-5-14)23-11-10-22(18(23)25)12-16(24)21-17-19-8-3-9-20-17/h3-9,13H,10-12H2,1-2H3,(H,19,20,21,24). The number of carbonyl (C=O) groups is 2. The highest BCUT2D eigenvalue weighted by Crippen LogP contribution is 2.23. The molecular weight excluding hydrogens is 318 g/mol. The van der Waals surface area contributed by atoms with Gasteiger partial charge in [0.15, 0.2) is 0 Å². The Hall–Kier alpha value is -2.96. The highest BCUT2D eigenvalue weighted by molar-refractivity contribution is 5.98. The normalized spacial score (nSPS) is 14.3. The lowest BCUT2D eigenvalue weighted by molar-refractivity contribution is -0.116. The fourth-order valence-electron chi connectivity index (χ4n) is 2.71. The number of carbonyl (C=O) groups excluding carboxylic acids is 2. The highest BCUT2D eigenvalue weighted by Gasteiger charge is 2.30. The molecule has 1 aliphatic heterocycles. The number of anilines is 2. The molecule has 2 aromatic rings. The van der Waals surface area contributed by atoms with Crippen LogP contribution in [0, 0.1) is 0 Å². The maximum Gasteiger partial charge on any atom is 0.325 e. The molecule has 2 heterocycles. The number of amides is 3. The van der Waals surface area contributed by atoms with Crippen molar-refractivity contribution in [1.82, 2.24) is 14.9 Å². The van der Waals surface area contributed by atoms with Crippen LogP contribution in [0.15, 0.2) is 42.7 Å². The molecule has 0 saturated carbocycles. The summed E-state index contributed by atoms with van der Waals surface area (Å²) >= 11 is 0. The van der Waals surface area contributed by atoms with Gasteiger partial charge in [0, 0.05) is 31.2 Å². The van der Waals surface area contributed by atoms with Crippen molar-refractivity contribution in [1.29, 1.82) is 0 Å². The van der Waals surface area contributed by atoms with Crippen LogP contribution < -0.4 is 10.2 Å². The van der Waals surface area contributed by atoms with Gasteiger partial charge in [-0.3, -0.25) is 15.0 Å². The van der Waals surface area contributed by atoms with Crippen LogP contribution in [-0.4, -0.2) is 46.4 Å². The van der Waals surface area contributed by atoms with Crippen LogP contribution in [0.3, 0.4) is 0 Å². The molecule has 1 saturated heterocycles. The quantitative estimate of drug-likeness (QED) is 0.908. The molecule has 0 unspecified atom stereocenters. The molecule has 0 radical (unpaired) electrons. The number of urea groups is 1. The number of benzene rings is 1. The summed E-state index contributed by atoms with van der Waals surface area (Å²) in [5.41, 5.74) is 2.08. The topological polar surface area (TPSA) is 78.4 Å². The lowest BCUT2D eigenvalue weighted by Gasteiger charge is -2.19. The Morgan fingerprint density at radius 2 is 1.84 bits per heavy atom. The summed E-state index contributed by atoms with van der Waals surface area (Å²) in [7, 11) is 0. The fraction of sp³-hybridized carbons (Fsp3) is 0.333. The Morgan fingerprint density at radius 3 is 2.48 bits per heavy atom. The number of aromatic nitrogens is 2. The largest absolute Gasteiger partial charge is 0.325 e. The van der Waals surface area contributed by atoms with Crippen LogP contribution in [0.2, 0.25) is 0 Å². The first-order valence-corrected chi connectivity index (χ1v) is 8.28. The minimum atomic E-state index is -0.309. The summed E-state index contributed by atoms with van der Waals surface area (Å²) in [6.45, 7) is 5.32. The van der Waals surface area contributed by atoms with E-state index < -0.39 is 0 Å². The average molecular weight is 339 g/mol. The molecular formula is C18H21N5O2. The summed E-state index contributed by atoms with van der Waals surface area (Å²) in [6.07, 6.45) is 3.10. The van der Waals surface area contributed by atoms with E-state index in [2.05, 4.69) is 29.1 Å². The minimum absolute atomic E-state index is 0.0162. The van der Waals surface area contributed by atoms with Gasteiger partial charge in [0.2, 0.25) is 11.9 Å². The molecule has 0 atom stereocenters. The van der Waals surface area contributed by atoms with Crippen LogP contribution >= 0.6 is 0 Å². The van der Waals surface area contributed by atoms with E-state index in [-0.39, 0.29) is 24.4 Å². The van der Waals surface area contributed by atoms with Gasteiger partial charge in [0.1, 0.15) is 6.54 Å². The zero-order valence-electron chi connectivity index (χ0n) is 14.3. The third kappa shape index (κ3) is 3.93. The zero-order valence-corrected chi connectivity index (χ0v) is 14.3. The number of nitrogens with one attached hydrogen (secondary N) is 1. The van der Waals surface area contributed by atoms with Gasteiger partial charge in [0.05, 0.1) is 0 Å². The van der Waals surface area contributed by atoms with E-state index in [0.29, 0.717) is 19.0 Å². The van der Waals surface area contributed by atoms with E-state index in [9.17, 15) is 9.59 Å². The molecule has 1 N–H and O–H groups in total. The number of hydrogen-bond donors (Lipinski definition) is 1. The molecule has 7 nitrogen and oxygen atoms in total. The van der Waals surface area contributed by atoms with Gasteiger partial charge in [-0.05, 0) is 29.7 Å². The zero-order chi connectivity index (χ0) is 17.8. The Balaban J connectivity index is 1.60. The summed E-state index contributed by atoms with van der Waals surface area (Å²) < 4.78 is 0. The minimum Gasteiger partial charge on any atom is -0.313 e. The van der Waals surface area contributed by atoms with Gasteiger partial charge in [-0.25, -0.2) is 14.8 Å². The second kappa shape index (κ2) is 7.29. The van der Waals surface area contributed by atoms with Gasteiger partial charge in [-0.1, -0.05) is 26.0 Å². The molecule has 0 aliphatic carbocycles. The molecule has 130 valence electrons. The number of rotatable bonds is 5. The van der Waals surface area contributed by atoms with Crippen molar-refractivity contribution in [3.8, 4) is 0 Å². The van der Waals surface area contributed by atoms with Crippen LogP contribution in [0.1, 0.15) is 25.3 Å². The molecule has 0 bridgehead atoms. The van der Waals surface area contributed by atoms with Crippen molar-refractivity contribution in [3.63, 3.8) is 0 Å². The van der Waals surface area contributed by atoms with Gasteiger partial charge in [-0.15, -0.1) is 0 Å². The third-order valence-corrected chi connectivity index (χ3v) is 4.12. The summed E-state index contributed by atoms with van der Waals surface area (Å²) in [6, 6.07) is 9.48. The van der Waals surface area contributed by atoms with Crippen LogP contribution in [0.25, 0.3) is 0 Å². The van der Waals surface area contributed by atoms with Crippen LogP contribution in [0.5, 0.6) is 0 Å². The first-order valence-electron chi connectivity index (χ1n) is 8.28. The maximum absolute atomic E-state index is 12.6. The smallest absolute Gasteiger partial charge is 0.313 e. The molecule has 1 aromatic carbocycles. The lowest BCUT2D eigenvalue weighted by atomic mass is 10.0. The summed E-state index contributed by atoms with van der Waals surface area (Å²) in [4.78, 5) is 35.7. The number of hydrogen-bond acceptors (Lipinski definition) is 4. The van der Waals surface area contributed by atoms with Crippen molar-refractivity contribution < 1.29 is 9.59 Å². The van der Waals surface area contributed by atoms with E-state index in [1.807, 2.05) is 24.3 Å². The lowest BCUT2D eigenvalue weighted by Crippen LogP contribution is -2.37. The van der Waals surface area contributed by atoms with E-state index in [1.54, 1.807) is 23.4 Å². The highest BCUT2D eigenvalue weighted by atomic mass is 16.2. The van der Waals surface area contributed by atoms with Crippen LogP contribution in [-0.2, 0) is 4.79 Å². The van der Waals surface area contributed by atoms with Crippen molar-refractivity contribution in [2.24, 2.45) is 0 Å². The molecule has 0 spiro atoms. The van der Waals surface area contributed by atoms with Crippen molar-refractivity contribution in [3.05, 3.63) is 48.3 Å². The van der Waals surface area contributed by atoms with E-state index in [1.165, 1.54) is 10.5 Å². The SMILES string of the molecule is CC(C)c1ccc(N2CCN(CC(=O)Nc3ncccn3)C2=O)cc1. The second-order valence-corrected chi connectivity index (χ2v) is 6.22. The monoisotopic (exact) mass is 339 g/mol. The molecule has 1 aromatic heterocycles. The second-order valence-electron chi connectivity index (χ2n) is 6.22. The van der Waals surface area contributed by atoms with E-state index in [4.69, 9.17) is 0 Å². The average Bonchev–Trinajstić information content (AvgIpc) is 2.96. The number of nitrogens with zero attached hydrogens (tertiary/aromatic N) is 4. The third-order valence-electron chi connectivity index (χ3n) is 4.12. The predicted molar refractivity (Wildman–Crippen MR) is 95.5 cm³/mol. The van der Waals surface area contributed by atoms with Gasteiger partial charge in [0.25, 0.3) is 0 Å². The van der Waals surface area contributed by atoms with Crippen molar-refractivity contribution in [2.45, 2.75) is 19.8 Å². The molecule has 7 heteroatoms. The molecule has 1 aliphatic rings. The Kier molecular flexibility index (Phi) is 4.92. The Bertz CT molecular complexity index is 746. The predicted octanol–water partition coefficient (Wildman–Crippen LogP) is 2.48. The molecule has 3 rings (SSSR count). The molecule has 25 heavy (non-hydrogen) atoms. The maximum atomic E-state index is 12.6. The van der Waals surface area contributed by atoms with Crippen molar-refractivity contribution in [2.75, 3.05) is 29.9 Å². The van der Waals surface area contributed by atoms with E-state index >= 15 is 0 Å². The molecule has 3 amide bonds. The first kappa shape index (κ1) is 16.9. The van der Waals surface area contributed by atoms with E-state index in [0.717, 1.165) is 5.69 Å². The molecule has 1 fully saturated rings. The van der Waals surface area contributed by atoms with Crippen molar-refractivity contribution >= 4 is 23.6 Å². The summed E-state index contributed by atoms with van der Waals surface area (Å²) in [5.74, 6) is 0.376. The van der Waals surface area contributed by atoms with Gasteiger partial charge in [-0.2, -0.15) is 0 Å². The first-order chi connectivity index (χ1) is 12.0. The fourth-order valence-corrected chi connectivity index (χ4v) is 2.71. The van der Waals surface area contributed by atoms with Gasteiger partial charge >= 0.3 is 6.03 Å². The Morgan fingerprint density at radius 1 is 1.16 bits per heavy atom. The summed E-state index contributed by atoms with van der Waals surface area (Å²) in [5, 5.41) is 2.59. The van der Waals surface area contributed by atoms with Gasteiger partial charge < -0.3 is 4.90 Å².